The predicted octanol–water partition coefficient (Wildman–Crippen LogP) is 1.08. The minimum Gasteiger partial charge on any atom is -0.386 e. The van der Waals surface area contributed by atoms with E-state index in [-0.39, 0.29) is 19.0 Å². The molecule has 0 aliphatic carbocycles. The Kier molecular flexibility index (Phi) is 6.30. The molecule has 1 fully saturated rings. The molecular formula is C20H28N6O2. The van der Waals surface area contributed by atoms with Crippen molar-refractivity contribution < 1.29 is 9.90 Å². The second-order valence-electron chi connectivity index (χ2n) is 6.96. The lowest BCUT2D eigenvalue weighted by atomic mass is 10.1. The summed E-state index contributed by atoms with van der Waals surface area (Å²) in [5.41, 5.74) is 2.76. The third-order valence-electron chi connectivity index (χ3n) is 4.70. The Morgan fingerprint density at radius 2 is 2.21 bits per heavy atom. The van der Waals surface area contributed by atoms with E-state index < -0.39 is 6.10 Å². The second kappa shape index (κ2) is 8.88. The number of benzene rings is 1. The van der Waals surface area contributed by atoms with Crippen LogP contribution in [-0.4, -0.2) is 64.4 Å². The highest BCUT2D eigenvalue weighted by molar-refractivity contribution is 5.98. The zero-order valence-corrected chi connectivity index (χ0v) is 16.7. The molecule has 1 aromatic carbocycles. The van der Waals surface area contributed by atoms with E-state index in [2.05, 4.69) is 15.4 Å². The zero-order chi connectivity index (χ0) is 20.1. The van der Waals surface area contributed by atoms with E-state index in [1.165, 1.54) is 0 Å². The highest BCUT2D eigenvalue weighted by Gasteiger charge is 2.27. The number of aliphatic hydroxyl groups excluding tert-OH is 1. The highest BCUT2D eigenvalue weighted by Crippen LogP contribution is 2.17. The van der Waals surface area contributed by atoms with Crippen LogP contribution in [0.5, 0.6) is 0 Å². The van der Waals surface area contributed by atoms with E-state index >= 15 is 0 Å². The summed E-state index contributed by atoms with van der Waals surface area (Å²) >= 11 is 0. The molecule has 3 rings (SSSR count). The van der Waals surface area contributed by atoms with Crippen LogP contribution in [-0.2, 0) is 11.8 Å². The molecule has 1 amide bonds. The maximum atomic E-state index is 12.6. The van der Waals surface area contributed by atoms with Gasteiger partial charge in [-0.3, -0.25) is 14.5 Å². The van der Waals surface area contributed by atoms with Crippen LogP contribution in [0.2, 0.25) is 0 Å². The van der Waals surface area contributed by atoms with Crippen molar-refractivity contribution in [2.24, 2.45) is 12.0 Å². The Balaban J connectivity index is 1.66. The van der Waals surface area contributed by atoms with Crippen LogP contribution >= 0.6 is 0 Å². The highest BCUT2D eigenvalue weighted by atomic mass is 16.3. The SMILES string of the molecule is CCNC(=NCC(O)c1cccc(C)c1)N1CCN(c2cnn(C)c2)C(=O)C1. The Bertz CT molecular complexity index is 847. The van der Waals surface area contributed by atoms with Crippen LogP contribution in [0.1, 0.15) is 24.2 Å². The van der Waals surface area contributed by atoms with Crippen LogP contribution < -0.4 is 10.2 Å². The molecule has 0 bridgehead atoms. The third-order valence-corrected chi connectivity index (χ3v) is 4.70. The van der Waals surface area contributed by atoms with Crippen LogP contribution in [0.15, 0.2) is 41.7 Å². The molecule has 1 atom stereocenters. The van der Waals surface area contributed by atoms with Crippen molar-refractivity contribution in [3.8, 4) is 0 Å². The first kappa shape index (κ1) is 19.9. The van der Waals surface area contributed by atoms with Gasteiger partial charge >= 0.3 is 0 Å². The molecule has 1 aliphatic heterocycles. The van der Waals surface area contributed by atoms with Gasteiger partial charge in [0.05, 0.1) is 24.5 Å². The zero-order valence-electron chi connectivity index (χ0n) is 16.7. The number of carbonyl (C=O) groups is 1. The fourth-order valence-electron chi connectivity index (χ4n) is 3.26. The number of aliphatic imine (C=N–C) groups is 1. The molecule has 2 aromatic rings. The smallest absolute Gasteiger partial charge is 0.246 e. The maximum absolute atomic E-state index is 12.6. The monoisotopic (exact) mass is 384 g/mol. The largest absolute Gasteiger partial charge is 0.386 e. The van der Waals surface area contributed by atoms with E-state index in [4.69, 9.17) is 0 Å². The summed E-state index contributed by atoms with van der Waals surface area (Å²) in [4.78, 5) is 20.9. The number of amides is 1. The summed E-state index contributed by atoms with van der Waals surface area (Å²) in [6.45, 7) is 6.37. The Labute approximate surface area is 165 Å². The van der Waals surface area contributed by atoms with Gasteiger partial charge in [0.2, 0.25) is 5.91 Å². The number of nitrogens with zero attached hydrogens (tertiary/aromatic N) is 5. The minimum absolute atomic E-state index is 0.00378. The summed E-state index contributed by atoms with van der Waals surface area (Å²) in [7, 11) is 1.83. The van der Waals surface area contributed by atoms with Gasteiger partial charge in [0.15, 0.2) is 5.96 Å². The predicted molar refractivity (Wildman–Crippen MR) is 109 cm³/mol. The van der Waals surface area contributed by atoms with Crippen molar-refractivity contribution in [1.29, 1.82) is 0 Å². The average molecular weight is 384 g/mol. The van der Waals surface area contributed by atoms with E-state index in [0.717, 1.165) is 16.8 Å². The molecule has 1 saturated heterocycles. The van der Waals surface area contributed by atoms with Crippen LogP contribution in [0.3, 0.4) is 0 Å². The van der Waals surface area contributed by atoms with Gasteiger partial charge in [0.1, 0.15) is 6.54 Å². The second-order valence-corrected chi connectivity index (χ2v) is 6.96. The summed E-state index contributed by atoms with van der Waals surface area (Å²) in [6, 6.07) is 7.79. The van der Waals surface area contributed by atoms with Crippen LogP contribution in [0, 0.1) is 6.92 Å². The third kappa shape index (κ3) is 4.69. The van der Waals surface area contributed by atoms with Gasteiger partial charge in [-0.2, -0.15) is 5.10 Å². The molecule has 2 N–H and O–H groups in total. The van der Waals surface area contributed by atoms with Crippen molar-refractivity contribution in [1.82, 2.24) is 20.0 Å². The number of aliphatic hydroxyl groups is 1. The number of rotatable bonds is 5. The lowest BCUT2D eigenvalue weighted by Gasteiger charge is -2.35. The molecule has 1 aromatic heterocycles. The van der Waals surface area contributed by atoms with E-state index in [9.17, 15) is 9.90 Å². The quantitative estimate of drug-likeness (QED) is 0.595. The fraction of sp³-hybridized carbons (Fsp3) is 0.450. The average Bonchev–Trinajstić information content (AvgIpc) is 3.10. The fourth-order valence-corrected chi connectivity index (χ4v) is 3.26. The number of anilines is 1. The van der Waals surface area contributed by atoms with E-state index in [1.807, 2.05) is 56.3 Å². The molecule has 150 valence electrons. The number of hydrogen-bond acceptors (Lipinski definition) is 4. The number of carbonyl (C=O) groups excluding carboxylic acids is 1. The molecule has 0 radical (unpaired) electrons. The number of aryl methyl sites for hydroxylation is 2. The normalized spacial score (nSPS) is 16.4. The van der Waals surface area contributed by atoms with E-state index in [1.54, 1.807) is 15.8 Å². The topological polar surface area (TPSA) is 86.0 Å². The van der Waals surface area contributed by atoms with Gasteiger partial charge in [-0.05, 0) is 19.4 Å². The van der Waals surface area contributed by atoms with E-state index in [0.29, 0.717) is 25.6 Å². The molecule has 1 aliphatic rings. The molecule has 0 saturated carbocycles. The van der Waals surface area contributed by atoms with Gasteiger partial charge in [-0.15, -0.1) is 0 Å². The van der Waals surface area contributed by atoms with Gasteiger partial charge in [0, 0.05) is 32.9 Å². The number of guanidine groups is 1. The number of piperazine rings is 1. The van der Waals surface area contributed by atoms with Gasteiger partial charge in [-0.25, -0.2) is 0 Å². The molecule has 28 heavy (non-hydrogen) atoms. The number of hydrogen-bond donors (Lipinski definition) is 2. The van der Waals surface area contributed by atoms with Crippen molar-refractivity contribution in [2.75, 3.05) is 37.6 Å². The first-order valence-corrected chi connectivity index (χ1v) is 9.55. The maximum Gasteiger partial charge on any atom is 0.246 e. The summed E-state index contributed by atoms with van der Waals surface area (Å²) in [6.07, 6.45) is 2.86. The standard InChI is InChI=1S/C20H28N6O2/c1-4-21-20(22-12-18(27)16-7-5-6-15(2)10-16)25-8-9-26(19(28)14-25)17-11-23-24(3)13-17/h5-7,10-11,13,18,27H,4,8-9,12,14H2,1-3H3,(H,21,22). The van der Waals surface area contributed by atoms with Gasteiger partial charge in [0.25, 0.3) is 0 Å². The molecule has 8 nitrogen and oxygen atoms in total. The van der Waals surface area contributed by atoms with Crippen LogP contribution in [0.25, 0.3) is 0 Å². The van der Waals surface area contributed by atoms with Crippen molar-refractivity contribution in [3.05, 3.63) is 47.8 Å². The Morgan fingerprint density at radius 3 is 2.86 bits per heavy atom. The summed E-state index contributed by atoms with van der Waals surface area (Å²) in [5.74, 6) is 0.650. The number of aromatic nitrogens is 2. The van der Waals surface area contributed by atoms with Crippen molar-refractivity contribution in [3.63, 3.8) is 0 Å². The molecule has 0 spiro atoms. The summed E-state index contributed by atoms with van der Waals surface area (Å²) < 4.78 is 1.69. The number of nitrogens with one attached hydrogen (secondary N) is 1. The molecule has 1 unspecified atom stereocenters. The molecular weight excluding hydrogens is 356 g/mol. The van der Waals surface area contributed by atoms with Gasteiger partial charge in [-0.1, -0.05) is 29.8 Å². The van der Waals surface area contributed by atoms with Crippen LogP contribution in [0.4, 0.5) is 5.69 Å². The first-order valence-electron chi connectivity index (χ1n) is 9.55. The Hall–Kier alpha value is -2.87. The van der Waals surface area contributed by atoms with Crippen molar-refractivity contribution in [2.45, 2.75) is 20.0 Å². The lowest BCUT2D eigenvalue weighted by Crippen LogP contribution is -2.55. The molecule has 8 heteroatoms. The summed E-state index contributed by atoms with van der Waals surface area (Å²) in [5, 5.41) is 17.8. The minimum atomic E-state index is -0.680. The molecule has 2 heterocycles. The lowest BCUT2D eigenvalue weighted by molar-refractivity contribution is -0.120. The Morgan fingerprint density at radius 1 is 1.39 bits per heavy atom. The van der Waals surface area contributed by atoms with Gasteiger partial charge < -0.3 is 20.2 Å². The van der Waals surface area contributed by atoms with Crippen molar-refractivity contribution >= 4 is 17.6 Å². The first-order chi connectivity index (χ1) is 13.5.